The molecule has 0 bridgehead atoms. The van der Waals surface area contributed by atoms with Gasteiger partial charge in [-0.05, 0) is 46.5 Å². The molecular weight excluding hydrogens is 465 g/mol. The van der Waals surface area contributed by atoms with Crippen molar-refractivity contribution in [2.24, 2.45) is 5.92 Å². The van der Waals surface area contributed by atoms with Crippen LogP contribution in [0.15, 0.2) is 24.7 Å². The number of rotatable bonds is 3. The third-order valence-electron chi connectivity index (χ3n) is 7.44. The minimum absolute atomic E-state index is 0.0564. The molecule has 0 spiro atoms. The summed E-state index contributed by atoms with van der Waals surface area (Å²) >= 11 is 0. The number of piperazine rings is 1. The Morgan fingerprint density at radius 3 is 2.94 bits per heavy atom. The number of carbonyl (C=O) groups is 1. The summed E-state index contributed by atoms with van der Waals surface area (Å²) in [6.45, 7) is 12.2. The van der Waals surface area contributed by atoms with Crippen LogP contribution in [-0.2, 0) is 22.4 Å². The maximum atomic E-state index is 14.0. The van der Waals surface area contributed by atoms with Crippen molar-refractivity contribution in [3.63, 3.8) is 0 Å². The van der Waals surface area contributed by atoms with Gasteiger partial charge >= 0.3 is 0 Å². The first-order valence-electron chi connectivity index (χ1n) is 11.9. The molecule has 2 fully saturated rings. The number of halogens is 1. The topological polar surface area (TPSA) is 107 Å². The van der Waals surface area contributed by atoms with Gasteiger partial charge in [0, 0.05) is 44.7 Å². The van der Waals surface area contributed by atoms with Crippen molar-refractivity contribution in [3.05, 3.63) is 64.3 Å². The smallest absolute Gasteiger partial charge is 0.253 e. The molecule has 2 aromatic heterocycles. The number of aromatic nitrogens is 6. The van der Waals surface area contributed by atoms with E-state index in [1.54, 1.807) is 19.2 Å². The van der Waals surface area contributed by atoms with Crippen molar-refractivity contribution in [2.75, 3.05) is 32.8 Å². The second-order valence-electron chi connectivity index (χ2n) is 9.48. The molecule has 6 rings (SSSR count). The number of benzene rings is 1. The van der Waals surface area contributed by atoms with Crippen molar-refractivity contribution < 1.29 is 13.9 Å². The molecule has 0 saturated carbocycles. The number of tetrazole rings is 1. The van der Waals surface area contributed by atoms with Crippen molar-refractivity contribution in [1.29, 1.82) is 0 Å². The van der Waals surface area contributed by atoms with Crippen LogP contribution in [0.5, 0.6) is 0 Å². The molecule has 12 heteroatoms. The second kappa shape index (κ2) is 9.00. The maximum Gasteiger partial charge on any atom is 0.253 e. The highest BCUT2D eigenvalue weighted by Gasteiger charge is 2.39. The Morgan fingerprint density at radius 1 is 1.25 bits per heavy atom. The van der Waals surface area contributed by atoms with E-state index in [0.29, 0.717) is 50.6 Å². The monoisotopic (exact) mass is 489 g/mol. The molecule has 0 radical (unpaired) electrons. The minimum Gasteiger partial charge on any atom is -0.371 e. The lowest BCUT2D eigenvalue weighted by Crippen LogP contribution is -2.60. The summed E-state index contributed by atoms with van der Waals surface area (Å²) in [5.41, 5.74) is 3.39. The van der Waals surface area contributed by atoms with Gasteiger partial charge in [-0.3, -0.25) is 9.69 Å². The van der Waals surface area contributed by atoms with Gasteiger partial charge in [-0.25, -0.2) is 19.2 Å². The minimum atomic E-state index is -0.501. The van der Waals surface area contributed by atoms with Gasteiger partial charge in [0.25, 0.3) is 5.95 Å². The molecule has 2 aliphatic heterocycles. The van der Waals surface area contributed by atoms with Crippen molar-refractivity contribution in [3.8, 4) is 5.95 Å². The van der Waals surface area contributed by atoms with Gasteiger partial charge in [-0.15, -0.1) is 5.10 Å². The van der Waals surface area contributed by atoms with E-state index in [9.17, 15) is 9.18 Å². The quantitative estimate of drug-likeness (QED) is 0.509. The number of hydrogen-bond acceptors (Lipinski definition) is 8. The Hall–Kier alpha value is -3.82. The number of nitrogens with zero attached hydrogens (tertiary/aromatic N) is 9. The largest absolute Gasteiger partial charge is 0.371 e. The van der Waals surface area contributed by atoms with Crippen LogP contribution in [0, 0.1) is 25.2 Å². The summed E-state index contributed by atoms with van der Waals surface area (Å²) in [6.07, 6.45) is 4.18. The maximum absolute atomic E-state index is 14.0. The fourth-order valence-corrected chi connectivity index (χ4v) is 5.49. The zero-order valence-corrected chi connectivity index (χ0v) is 19.7. The first kappa shape index (κ1) is 22.6. The van der Waals surface area contributed by atoms with E-state index in [4.69, 9.17) is 11.3 Å². The molecule has 11 nitrogen and oxygen atoms in total. The van der Waals surface area contributed by atoms with E-state index in [-0.39, 0.29) is 29.7 Å². The SMILES string of the molecule is [C-]#[N+]c1c(F)ccc([C@H]2CN3CCN(C(=O)C4Cc5cnc(-n6cnnn6)nc5C4)C[C@H]3CO2)c1C. The van der Waals surface area contributed by atoms with Crippen LogP contribution in [0.3, 0.4) is 0 Å². The van der Waals surface area contributed by atoms with Crippen LogP contribution in [0.25, 0.3) is 10.8 Å². The molecule has 36 heavy (non-hydrogen) atoms. The lowest BCUT2D eigenvalue weighted by molar-refractivity contribution is -0.143. The third kappa shape index (κ3) is 3.90. The van der Waals surface area contributed by atoms with E-state index >= 15 is 0 Å². The first-order chi connectivity index (χ1) is 17.5. The van der Waals surface area contributed by atoms with Crippen molar-refractivity contribution >= 4 is 11.6 Å². The van der Waals surface area contributed by atoms with Gasteiger partial charge in [-0.1, -0.05) is 6.07 Å². The third-order valence-corrected chi connectivity index (χ3v) is 7.44. The molecule has 3 aliphatic rings. The van der Waals surface area contributed by atoms with E-state index in [0.717, 1.165) is 23.4 Å². The van der Waals surface area contributed by atoms with Crippen molar-refractivity contribution in [2.45, 2.75) is 31.9 Å². The van der Waals surface area contributed by atoms with Gasteiger partial charge in [0.05, 0.1) is 31.0 Å². The van der Waals surface area contributed by atoms with Crippen LogP contribution in [0.1, 0.15) is 28.5 Å². The second-order valence-corrected chi connectivity index (χ2v) is 9.48. The molecular formula is C24H24FN9O2. The lowest BCUT2D eigenvalue weighted by atomic mass is 9.98. The highest BCUT2D eigenvalue weighted by atomic mass is 19.1. The molecule has 1 aliphatic carbocycles. The van der Waals surface area contributed by atoms with Gasteiger partial charge in [0.1, 0.15) is 12.1 Å². The van der Waals surface area contributed by atoms with E-state index < -0.39 is 5.82 Å². The van der Waals surface area contributed by atoms with E-state index in [1.165, 1.54) is 17.1 Å². The Bertz CT molecular complexity index is 1360. The van der Waals surface area contributed by atoms with E-state index in [2.05, 4.69) is 35.2 Å². The van der Waals surface area contributed by atoms with Crippen LogP contribution in [0.4, 0.5) is 10.1 Å². The van der Waals surface area contributed by atoms with E-state index in [1.807, 2.05) is 4.90 Å². The average molecular weight is 490 g/mol. The van der Waals surface area contributed by atoms with Crippen LogP contribution in [-0.4, -0.2) is 84.7 Å². The number of morpholine rings is 1. The van der Waals surface area contributed by atoms with Crippen LogP contribution >= 0.6 is 0 Å². The summed E-state index contributed by atoms with van der Waals surface area (Å²) in [6, 6.07) is 3.17. The molecule has 1 amide bonds. The summed E-state index contributed by atoms with van der Waals surface area (Å²) in [4.78, 5) is 29.9. The number of amides is 1. The van der Waals surface area contributed by atoms with Gasteiger partial charge < -0.3 is 9.64 Å². The fourth-order valence-electron chi connectivity index (χ4n) is 5.49. The van der Waals surface area contributed by atoms with Gasteiger partial charge in [-0.2, -0.15) is 4.68 Å². The predicted molar refractivity (Wildman–Crippen MR) is 124 cm³/mol. The Balaban J connectivity index is 1.09. The zero-order chi connectivity index (χ0) is 24.8. The Morgan fingerprint density at radius 2 is 2.14 bits per heavy atom. The molecule has 1 unspecified atom stereocenters. The standard InChI is InChI=1S/C24H24FN9O2/c1-14-18(3-4-19(25)22(14)26-2)21-11-32-5-6-33(10-17(32)12-36-21)23(35)15-7-16-9-27-24(29-20(16)8-15)34-13-28-30-31-34/h3-4,9,13,15,17,21H,5-8,10-12H2,1H3/t15?,17-,21+/m0/s1. The van der Waals surface area contributed by atoms with Crippen LogP contribution < -0.4 is 0 Å². The predicted octanol–water partition coefficient (Wildman–Crippen LogP) is 1.45. The number of hydrogen-bond donors (Lipinski definition) is 0. The highest BCUT2D eigenvalue weighted by Crippen LogP contribution is 2.35. The van der Waals surface area contributed by atoms with Gasteiger partial charge in [0.15, 0.2) is 0 Å². The zero-order valence-electron chi connectivity index (χ0n) is 19.7. The molecule has 1 aromatic carbocycles. The fraction of sp³-hybridized carbons (Fsp3) is 0.458. The molecule has 2 saturated heterocycles. The summed E-state index contributed by atoms with van der Waals surface area (Å²) in [7, 11) is 0. The number of fused-ring (bicyclic) bond motifs is 2. The molecule has 0 N–H and O–H groups in total. The van der Waals surface area contributed by atoms with Crippen LogP contribution in [0.2, 0.25) is 0 Å². The summed E-state index contributed by atoms with van der Waals surface area (Å²) < 4.78 is 21.5. The van der Waals surface area contributed by atoms with Gasteiger partial charge in [0.2, 0.25) is 11.6 Å². The normalized spacial score (nSPS) is 23.7. The summed E-state index contributed by atoms with van der Waals surface area (Å²) in [5.74, 6) is -0.126. The molecule has 3 aromatic rings. The summed E-state index contributed by atoms with van der Waals surface area (Å²) in [5, 5.41) is 11.1. The highest BCUT2D eigenvalue weighted by molar-refractivity contribution is 5.80. The molecule has 4 heterocycles. The number of carbonyl (C=O) groups excluding carboxylic acids is 1. The Labute approximate surface area is 206 Å². The molecule has 184 valence electrons. The van der Waals surface area contributed by atoms with Crippen molar-refractivity contribution in [1.82, 2.24) is 40.0 Å². The average Bonchev–Trinajstić information content (AvgIpc) is 3.58. The lowest BCUT2D eigenvalue weighted by Gasteiger charge is -2.46. The number of ether oxygens (including phenoxy) is 1. The molecule has 3 atom stereocenters. The Kier molecular flexibility index (Phi) is 5.66. The first-order valence-corrected chi connectivity index (χ1v) is 11.9.